The number of carbonyl (C=O) groups excluding carboxylic acids is 1. The number of carbonyl (C=O) groups is 1. The molecule has 4 rings (SSSR count). The Balaban J connectivity index is 1.66. The van der Waals surface area contributed by atoms with Crippen molar-refractivity contribution in [3.8, 4) is 11.4 Å². The Kier molecular flexibility index (Phi) is 6.47. The van der Waals surface area contributed by atoms with Crippen molar-refractivity contribution in [3.05, 3.63) is 89.9 Å². The minimum Gasteiger partial charge on any atom is -0.484 e. The lowest BCUT2D eigenvalue weighted by molar-refractivity contribution is -0.144. The van der Waals surface area contributed by atoms with E-state index in [2.05, 4.69) is 10.4 Å². The summed E-state index contributed by atoms with van der Waals surface area (Å²) in [5, 5.41) is 7.11. The summed E-state index contributed by atoms with van der Waals surface area (Å²) >= 11 is 0. The van der Waals surface area contributed by atoms with Gasteiger partial charge in [-0.05, 0) is 67.1 Å². The van der Waals surface area contributed by atoms with Gasteiger partial charge < -0.3 is 10.1 Å². The zero-order valence-corrected chi connectivity index (χ0v) is 18.6. The fourth-order valence-corrected chi connectivity index (χ4v) is 3.58. The molecule has 0 aliphatic heterocycles. The zero-order valence-electron chi connectivity index (χ0n) is 18.6. The molecule has 0 spiro atoms. The maximum atomic E-state index is 13.9. The monoisotopic (exact) mass is 489 g/mol. The fourth-order valence-electron chi connectivity index (χ4n) is 3.58. The normalized spacial score (nSPS) is 13.5. The lowest BCUT2D eigenvalue weighted by atomic mass is 10.0. The number of benzene rings is 3. The van der Waals surface area contributed by atoms with Gasteiger partial charge in [-0.2, -0.15) is 13.9 Å². The average molecular weight is 489 g/mol. The summed E-state index contributed by atoms with van der Waals surface area (Å²) in [7, 11) is 0. The molecule has 1 N–H and O–H groups in total. The molecule has 0 aliphatic carbocycles. The molecule has 0 saturated heterocycles. The molecular formula is C25H20F5N3O2. The third-order valence-electron chi connectivity index (χ3n) is 5.36. The Bertz CT molecular complexity index is 1370. The van der Waals surface area contributed by atoms with Crippen LogP contribution in [0.3, 0.4) is 0 Å². The van der Waals surface area contributed by atoms with Crippen LogP contribution in [0.5, 0.6) is 5.75 Å². The van der Waals surface area contributed by atoms with E-state index < -0.39 is 35.6 Å². The van der Waals surface area contributed by atoms with E-state index in [1.807, 2.05) is 0 Å². The number of fused-ring (bicyclic) bond motifs is 1. The predicted octanol–water partition coefficient (Wildman–Crippen LogP) is 5.72. The first-order valence-electron chi connectivity index (χ1n) is 10.6. The van der Waals surface area contributed by atoms with Crippen molar-refractivity contribution in [1.82, 2.24) is 15.1 Å². The number of ether oxygens (including phenoxy) is 1. The van der Waals surface area contributed by atoms with Crippen molar-refractivity contribution in [2.75, 3.05) is 0 Å². The van der Waals surface area contributed by atoms with Crippen molar-refractivity contribution in [1.29, 1.82) is 0 Å². The van der Waals surface area contributed by atoms with Crippen molar-refractivity contribution >= 4 is 16.8 Å². The second-order valence-electron chi connectivity index (χ2n) is 8.12. The van der Waals surface area contributed by atoms with E-state index in [1.165, 1.54) is 25.1 Å². The number of aromatic nitrogens is 2. The molecule has 0 radical (unpaired) electrons. The highest BCUT2D eigenvalue weighted by Gasteiger charge is 2.35. The standard InChI is InChI=1S/C25H20F5N3O2/c1-14(32-24(34)25(2,29)30)23(15-3-9-20(27)21(28)12-15)35-19-8-10-22-16(11-19)13-31-33(22)18-6-4-17(26)5-7-18/h3-14,23H,1-2H3,(H,32,34)/t14-,23+/m0/s1. The third kappa shape index (κ3) is 5.26. The number of hydrogen-bond donors (Lipinski definition) is 1. The molecule has 5 nitrogen and oxygen atoms in total. The van der Waals surface area contributed by atoms with Gasteiger partial charge in [0.05, 0.1) is 23.4 Å². The van der Waals surface area contributed by atoms with E-state index in [9.17, 15) is 26.7 Å². The van der Waals surface area contributed by atoms with Crippen LogP contribution < -0.4 is 10.1 Å². The molecule has 4 aromatic rings. The highest BCUT2D eigenvalue weighted by atomic mass is 19.3. The van der Waals surface area contributed by atoms with E-state index >= 15 is 0 Å². The number of nitrogens with zero attached hydrogens (tertiary/aromatic N) is 2. The maximum absolute atomic E-state index is 13.9. The number of rotatable bonds is 7. The van der Waals surface area contributed by atoms with Crippen LogP contribution in [0.15, 0.2) is 66.9 Å². The van der Waals surface area contributed by atoms with Crippen LogP contribution in [0.2, 0.25) is 0 Å². The van der Waals surface area contributed by atoms with Crippen LogP contribution in [0.4, 0.5) is 22.0 Å². The molecule has 1 amide bonds. The Labute approximate surface area is 197 Å². The second-order valence-corrected chi connectivity index (χ2v) is 8.12. The van der Waals surface area contributed by atoms with Crippen molar-refractivity contribution < 1.29 is 31.5 Å². The lowest BCUT2D eigenvalue weighted by Gasteiger charge is -2.27. The SMILES string of the molecule is C[C@H](NC(=O)C(C)(F)F)[C@@H](Oc1ccc2c(cnn2-c2ccc(F)cc2)c1)c1ccc(F)c(F)c1. The van der Waals surface area contributed by atoms with E-state index in [0.29, 0.717) is 23.5 Å². The topological polar surface area (TPSA) is 56.1 Å². The Morgan fingerprint density at radius 1 is 1.00 bits per heavy atom. The van der Waals surface area contributed by atoms with Crippen LogP contribution in [0.25, 0.3) is 16.6 Å². The zero-order chi connectivity index (χ0) is 25.3. The van der Waals surface area contributed by atoms with E-state index in [0.717, 1.165) is 12.1 Å². The van der Waals surface area contributed by atoms with Crippen LogP contribution in [-0.4, -0.2) is 27.7 Å². The van der Waals surface area contributed by atoms with Gasteiger partial charge in [-0.3, -0.25) is 4.79 Å². The van der Waals surface area contributed by atoms with E-state index in [1.54, 1.807) is 41.2 Å². The number of alkyl halides is 2. The number of halogens is 5. The molecule has 2 atom stereocenters. The minimum atomic E-state index is -3.64. The first-order chi connectivity index (χ1) is 16.5. The summed E-state index contributed by atoms with van der Waals surface area (Å²) in [6, 6.07) is 12.6. The first-order valence-corrected chi connectivity index (χ1v) is 10.6. The number of nitrogens with one attached hydrogen (secondary N) is 1. The Morgan fingerprint density at radius 3 is 2.37 bits per heavy atom. The largest absolute Gasteiger partial charge is 0.484 e. The van der Waals surface area contributed by atoms with Crippen LogP contribution in [0, 0.1) is 17.5 Å². The van der Waals surface area contributed by atoms with Gasteiger partial charge in [-0.1, -0.05) is 6.07 Å². The molecule has 1 aromatic heterocycles. The molecule has 0 fully saturated rings. The van der Waals surface area contributed by atoms with E-state index in [-0.39, 0.29) is 17.1 Å². The van der Waals surface area contributed by atoms with Crippen LogP contribution >= 0.6 is 0 Å². The average Bonchev–Trinajstić information content (AvgIpc) is 3.22. The van der Waals surface area contributed by atoms with Crippen molar-refractivity contribution in [2.24, 2.45) is 0 Å². The predicted molar refractivity (Wildman–Crippen MR) is 119 cm³/mol. The highest BCUT2D eigenvalue weighted by molar-refractivity contribution is 5.83. The molecule has 0 bridgehead atoms. The van der Waals surface area contributed by atoms with Crippen LogP contribution in [0.1, 0.15) is 25.5 Å². The second kappa shape index (κ2) is 9.36. The molecule has 182 valence electrons. The Morgan fingerprint density at radius 2 is 1.71 bits per heavy atom. The maximum Gasteiger partial charge on any atom is 0.321 e. The van der Waals surface area contributed by atoms with Gasteiger partial charge in [0.1, 0.15) is 17.7 Å². The smallest absolute Gasteiger partial charge is 0.321 e. The molecule has 0 saturated carbocycles. The molecule has 1 heterocycles. The summed E-state index contributed by atoms with van der Waals surface area (Å²) in [5.41, 5.74) is 1.45. The van der Waals surface area contributed by atoms with Crippen LogP contribution in [-0.2, 0) is 4.79 Å². The first kappa shape index (κ1) is 24.2. The third-order valence-corrected chi connectivity index (χ3v) is 5.36. The van der Waals surface area contributed by atoms with E-state index in [4.69, 9.17) is 4.74 Å². The lowest BCUT2D eigenvalue weighted by Crippen LogP contribution is -2.46. The van der Waals surface area contributed by atoms with Gasteiger partial charge in [0.2, 0.25) is 0 Å². The Hall–Kier alpha value is -3.95. The highest BCUT2D eigenvalue weighted by Crippen LogP contribution is 2.30. The summed E-state index contributed by atoms with van der Waals surface area (Å²) in [6.45, 7) is 1.87. The molecule has 0 aliphatic rings. The fraction of sp³-hybridized carbons (Fsp3) is 0.200. The quantitative estimate of drug-likeness (QED) is 0.338. The number of amides is 1. The summed E-state index contributed by atoms with van der Waals surface area (Å²) in [5.74, 6) is -7.51. The molecule has 10 heteroatoms. The number of hydrogen-bond acceptors (Lipinski definition) is 3. The van der Waals surface area contributed by atoms with Crippen molar-refractivity contribution in [2.45, 2.75) is 31.9 Å². The summed E-state index contributed by atoms with van der Waals surface area (Å²) in [6.07, 6.45) is 0.432. The minimum absolute atomic E-state index is 0.137. The molecule has 0 unspecified atom stereocenters. The van der Waals surface area contributed by atoms with Gasteiger partial charge in [-0.25, -0.2) is 17.9 Å². The molecular weight excluding hydrogens is 469 g/mol. The van der Waals surface area contributed by atoms with Crippen molar-refractivity contribution in [3.63, 3.8) is 0 Å². The van der Waals surface area contributed by atoms with Gasteiger partial charge in [0, 0.05) is 12.3 Å². The summed E-state index contributed by atoms with van der Waals surface area (Å²) < 4.78 is 75.1. The van der Waals surface area contributed by atoms with Gasteiger partial charge >= 0.3 is 5.92 Å². The summed E-state index contributed by atoms with van der Waals surface area (Å²) in [4.78, 5) is 11.8. The van der Waals surface area contributed by atoms with Gasteiger partial charge in [0.15, 0.2) is 11.6 Å². The van der Waals surface area contributed by atoms with Gasteiger partial charge in [-0.15, -0.1) is 0 Å². The molecule has 35 heavy (non-hydrogen) atoms. The van der Waals surface area contributed by atoms with Gasteiger partial charge in [0.25, 0.3) is 5.91 Å². The molecule has 3 aromatic carbocycles.